The molecule has 0 spiro atoms. The Hall–Kier alpha value is -1.92. The summed E-state index contributed by atoms with van der Waals surface area (Å²) in [6, 6.07) is 12.5. The van der Waals surface area contributed by atoms with Gasteiger partial charge in [-0.3, -0.25) is 10.1 Å². The summed E-state index contributed by atoms with van der Waals surface area (Å²) >= 11 is 3.41. The summed E-state index contributed by atoms with van der Waals surface area (Å²) in [5, 5.41) is 13.8. The van der Waals surface area contributed by atoms with Crippen LogP contribution in [0.4, 0.5) is 5.69 Å². The van der Waals surface area contributed by atoms with Crippen molar-refractivity contribution in [2.45, 2.75) is 13.2 Å². The third kappa shape index (κ3) is 4.27. The summed E-state index contributed by atoms with van der Waals surface area (Å²) in [4.78, 5) is 10.4. The molecule has 0 bridgehead atoms. The number of halogens is 1. The zero-order valence-electron chi connectivity index (χ0n) is 11.5. The molecule has 0 amide bonds. The summed E-state index contributed by atoms with van der Waals surface area (Å²) in [5.41, 5.74) is 1.86. The highest BCUT2D eigenvalue weighted by molar-refractivity contribution is 9.10. The Morgan fingerprint density at radius 2 is 2.10 bits per heavy atom. The van der Waals surface area contributed by atoms with Gasteiger partial charge in [-0.25, -0.2) is 0 Å². The van der Waals surface area contributed by atoms with E-state index in [1.807, 2.05) is 24.3 Å². The molecule has 2 rings (SSSR count). The summed E-state index contributed by atoms with van der Waals surface area (Å²) in [6.45, 7) is 0.920. The lowest BCUT2D eigenvalue weighted by Gasteiger charge is -2.11. The van der Waals surface area contributed by atoms with Crippen LogP contribution in [0.25, 0.3) is 0 Å². The first-order chi connectivity index (χ1) is 10.1. The fourth-order valence-electron chi connectivity index (χ4n) is 1.94. The molecule has 1 N–H and O–H groups in total. The maximum absolute atomic E-state index is 10.8. The molecule has 0 radical (unpaired) electrons. The minimum absolute atomic E-state index is 0.0649. The molecule has 0 aromatic heterocycles. The normalized spacial score (nSPS) is 10.4. The predicted octanol–water partition coefficient (Wildman–Crippen LogP) is 3.66. The van der Waals surface area contributed by atoms with Crippen molar-refractivity contribution in [2.24, 2.45) is 0 Å². The van der Waals surface area contributed by atoms with Crippen LogP contribution < -0.4 is 10.1 Å². The van der Waals surface area contributed by atoms with Crippen molar-refractivity contribution < 1.29 is 9.66 Å². The lowest BCUT2D eigenvalue weighted by atomic mass is 10.1. The van der Waals surface area contributed by atoms with Crippen LogP contribution in [0.3, 0.4) is 0 Å². The van der Waals surface area contributed by atoms with Crippen molar-refractivity contribution >= 4 is 21.6 Å². The molecule has 21 heavy (non-hydrogen) atoms. The van der Waals surface area contributed by atoms with E-state index < -0.39 is 4.92 Å². The van der Waals surface area contributed by atoms with Gasteiger partial charge in [0.05, 0.1) is 4.92 Å². The molecule has 2 aromatic rings. The van der Waals surface area contributed by atoms with Crippen molar-refractivity contribution in [1.29, 1.82) is 0 Å². The van der Waals surface area contributed by atoms with Crippen LogP contribution in [0.5, 0.6) is 5.75 Å². The van der Waals surface area contributed by atoms with Gasteiger partial charge in [-0.05, 0) is 30.8 Å². The number of nitrogens with zero attached hydrogens (tertiary/aromatic N) is 1. The van der Waals surface area contributed by atoms with Gasteiger partial charge in [0.25, 0.3) is 5.69 Å². The van der Waals surface area contributed by atoms with Crippen LogP contribution in [0, 0.1) is 10.1 Å². The number of hydrogen-bond donors (Lipinski definition) is 1. The molecule has 0 fully saturated rings. The highest BCUT2D eigenvalue weighted by Crippen LogP contribution is 2.25. The summed E-state index contributed by atoms with van der Waals surface area (Å²) < 4.78 is 6.77. The van der Waals surface area contributed by atoms with Crippen molar-refractivity contribution in [3.05, 3.63) is 68.2 Å². The molecular formula is C15H15BrN2O3. The number of ether oxygens (including phenoxy) is 1. The molecule has 0 aliphatic rings. The molecule has 0 saturated carbocycles. The maximum atomic E-state index is 10.8. The van der Waals surface area contributed by atoms with Gasteiger partial charge in [0.15, 0.2) is 0 Å². The number of non-ortho nitro benzene ring substituents is 1. The van der Waals surface area contributed by atoms with Crippen LogP contribution in [-0.4, -0.2) is 12.0 Å². The highest BCUT2D eigenvalue weighted by Gasteiger charge is 2.11. The standard InChI is InChI=1S/C15H15BrN2O3/c1-17-9-12-8-14(18(19)20)5-6-15(12)21-10-11-3-2-4-13(16)7-11/h2-8,17H,9-10H2,1H3. The largest absolute Gasteiger partial charge is 0.489 e. The minimum Gasteiger partial charge on any atom is -0.489 e. The first kappa shape index (κ1) is 15.5. The molecule has 110 valence electrons. The number of benzene rings is 2. The topological polar surface area (TPSA) is 64.4 Å². The molecule has 5 nitrogen and oxygen atoms in total. The van der Waals surface area contributed by atoms with E-state index in [4.69, 9.17) is 4.74 Å². The summed E-state index contributed by atoms with van der Waals surface area (Å²) in [5.74, 6) is 0.648. The van der Waals surface area contributed by atoms with E-state index in [-0.39, 0.29) is 5.69 Å². The third-order valence-corrected chi connectivity index (χ3v) is 3.40. The second-order valence-electron chi connectivity index (χ2n) is 4.50. The Kier molecular flexibility index (Phi) is 5.30. The average molecular weight is 351 g/mol. The van der Waals surface area contributed by atoms with Gasteiger partial charge in [-0.2, -0.15) is 0 Å². The van der Waals surface area contributed by atoms with Crippen molar-refractivity contribution in [3.63, 3.8) is 0 Å². The zero-order valence-corrected chi connectivity index (χ0v) is 13.1. The fraction of sp³-hybridized carbons (Fsp3) is 0.200. The molecule has 0 aliphatic carbocycles. The molecule has 6 heteroatoms. The number of rotatable bonds is 6. The lowest BCUT2D eigenvalue weighted by Crippen LogP contribution is -2.08. The SMILES string of the molecule is CNCc1cc([N+](=O)[O-])ccc1OCc1cccc(Br)c1. The molecule has 0 unspecified atom stereocenters. The Morgan fingerprint density at radius 1 is 1.29 bits per heavy atom. The van der Waals surface area contributed by atoms with E-state index in [0.29, 0.717) is 18.9 Å². The Labute approximate surface area is 131 Å². The quantitative estimate of drug-likeness (QED) is 0.637. The molecule has 0 saturated heterocycles. The first-order valence-electron chi connectivity index (χ1n) is 6.39. The van der Waals surface area contributed by atoms with E-state index in [1.165, 1.54) is 12.1 Å². The third-order valence-electron chi connectivity index (χ3n) is 2.91. The highest BCUT2D eigenvalue weighted by atomic mass is 79.9. The van der Waals surface area contributed by atoms with E-state index in [1.54, 1.807) is 13.1 Å². The van der Waals surface area contributed by atoms with Crippen LogP contribution >= 0.6 is 15.9 Å². The second kappa shape index (κ2) is 7.19. The summed E-state index contributed by atoms with van der Waals surface area (Å²) in [6.07, 6.45) is 0. The van der Waals surface area contributed by atoms with Crippen LogP contribution in [0.1, 0.15) is 11.1 Å². The maximum Gasteiger partial charge on any atom is 0.270 e. The minimum atomic E-state index is -0.406. The zero-order chi connectivity index (χ0) is 15.2. The van der Waals surface area contributed by atoms with Gasteiger partial charge in [0.2, 0.25) is 0 Å². The Morgan fingerprint density at radius 3 is 2.76 bits per heavy atom. The van der Waals surface area contributed by atoms with Crippen molar-refractivity contribution in [2.75, 3.05) is 7.05 Å². The monoisotopic (exact) mass is 350 g/mol. The van der Waals surface area contributed by atoms with Crippen LogP contribution in [0.15, 0.2) is 46.9 Å². The van der Waals surface area contributed by atoms with Crippen LogP contribution in [-0.2, 0) is 13.2 Å². The lowest BCUT2D eigenvalue weighted by molar-refractivity contribution is -0.384. The molecular weight excluding hydrogens is 336 g/mol. The van der Waals surface area contributed by atoms with Gasteiger partial charge < -0.3 is 10.1 Å². The van der Waals surface area contributed by atoms with Gasteiger partial charge in [-0.1, -0.05) is 28.1 Å². The van der Waals surface area contributed by atoms with E-state index in [0.717, 1.165) is 15.6 Å². The Balaban J connectivity index is 2.16. The van der Waals surface area contributed by atoms with Gasteiger partial charge in [0, 0.05) is 28.7 Å². The number of nitrogens with one attached hydrogen (secondary N) is 1. The molecule has 0 heterocycles. The predicted molar refractivity (Wildman–Crippen MR) is 84.3 cm³/mol. The smallest absolute Gasteiger partial charge is 0.270 e. The average Bonchev–Trinajstić information content (AvgIpc) is 2.46. The van der Waals surface area contributed by atoms with Crippen LogP contribution in [0.2, 0.25) is 0 Å². The summed E-state index contributed by atoms with van der Waals surface area (Å²) in [7, 11) is 1.79. The first-order valence-corrected chi connectivity index (χ1v) is 7.18. The van der Waals surface area contributed by atoms with Gasteiger partial charge in [0.1, 0.15) is 12.4 Å². The van der Waals surface area contributed by atoms with Gasteiger partial charge >= 0.3 is 0 Å². The number of nitro groups is 1. The Bertz CT molecular complexity index is 647. The van der Waals surface area contributed by atoms with Crippen molar-refractivity contribution in [1.82, 2.24) is 5.32 Å². The van der Waals surface area contributed by atoms with E-state index in [9.17, 15) is 10.1 Å². The number of nitro benzene ring substituents is 1. The molecule has 2 aromatic carbocycles. The van der Waals surface area contributed by atoms with Gasteiger partial charge in [-0.15, -0.1) is 0 Å². The van der Waals surface area contributed by atoms with E-state index in [2.05, 4.69) is 21.2 Å². The molecule has 0 atom stereocenters. The molecule has 0 aliphatic heterocycles. The van der Waals surface area contributed by atoms with Crippen molar-refractivity contribution in [3.8, 4) is 5.75 Å². The second-order valence-corrected chi connectivity index (χ2v) is 5.41. The number of hydrogen-bond acceptors (Lipinski definition) is 4. The fourth-order valence-corrected chi connectivity index (χ4v) is 2.38. The van der Waals surface area contributed by atoms with E-state index >= 15 is 0 Å².